The molecule has 7 heteroatoms. The van der Waals surface area contributed by atoms with Crippen LogP contribution < -0.4 is 10.3 Å². The lowest BCUT2D eigenvalue weighted by molar-refractivity contribution is 0.152. The zero-order valence-electron chi connectivity index (χ0n) is 9.93. The van der Waals surface area contributed by atoms with Gasteiger partial charge in [0, 0.05) is 11.0 Å². The van der Waals surface area contributed by atoms with Gasteiger partial charge in [0.1, 0.15) is 0 Å². The third kappa shape index (κ3) is 4.70. The molecule has 18 heavy (non-hydrogen) atoms. The Kier molecular flexibility index (Phi) is 6.13. The van der Waals surface area contributed by atoms with Crippen molar-refractivity contribution in [3.8, 4) is 0 Å². The van der Waals surface area contributed by atoms with Crippen LogP contribution in [-0.4, -0.2) is 25.8 Å². The predicted octanol–water partition coefficient (Wildman–Crippen LogP) is 2.68. The molecule has 0 atom stereocenters. The number of amides is 1. The molecule has 1 N–H and O–H groups in total. The first-order valence-corrected chi connectivity index (χ1v) is 6.23. The molecular weight excluding hydrogens is 302 g/mol. The van der Waals surface area contributed by atoms with Crippen LogP contribution in [-0.2, 0) is 4.74 Å². The highest BCUT2D eigenvalue weighted by molar-refractivity contribution is 9.10. The second-order valence-corrected chi connectivity index (χ2v) is 4.25. The average Bonchev–Trinajstić information content (AvgIpc) is 2.35. The summed E-state index contributed by atoms with van der Waals surface area (Å²) < 4.78 is 5.55. The summed E-state index contributed by atoms with van der Waals surface area (Å²) in [4.78, 5) is 21.8. The van der Waals surface area contributed by atoms with E-state index in [1.807, 2.05) is 6.07 Å². The number of hydrogen-bond donors (Lipinski definition) is 1. The maximum absolute atomic E-state index is 11.0. The highest BCUT2D eigenvalue weighted by Gasteiger charge is 2.07. The van der Waals surface area contributed by atoms with Crippen LogP contribution in [0.3, 0.4) is 0 Å². The van der Waals surface area contributed by atoms with Crippen LogP contribution >= 0.6 is 15.9 Å². The van der Waals surface area contributed by atoms with Crippen LogP contribution in [0.15, 0.2) is 34.0 Å². The molecule has 0 spiro atoms. The lowest BCUT2D eigenvalue weighted by atomic mass is 10.3. The Hall–Kier alpha value is -1.63. The number of benzene rings is 1. The van der Waals surface area contributed by atoms with Crippen molar-refractivity contribution < 1.29 is 9.53 Å². The van der Waals surface area contributed by atoms with Crippen LogP contribution in [0.5, 0.6) is 0 Å². The Balaban J connectivity index is 2.48. The van der Waals surface area contributed by atoms with Crippen molar-refractivity contribution in [2.24, 2.45) is 5.29 Å². The van der Waals surface area contributed by atoms with Crippen molar-refractivity contribution in [1.82, 2.24) is 5.32 Å². The molecular formula is C11H14BrN3O3. The van der Waals surface area contributed by atoms with Gasteiger partial charge in [-0.05, 0) is 25.1 Å². The molecule has 0 heterocycles. The van der Waals surface area contributed by atoms with E-state index in [9.17, 15) is 9.70 Å². The number of hydrogen-bond acceptors (Lipinski definition) is 4. The molecule has 0 aromatic heterocycles. The molecule has 1 rings (SSSR count). The van der Waals surface area contributed by atoms with E-state index in [0.717, 1.165) is 4.47 Å². The molecule has 0 radical (unpaired) electrons. The van der Waals surface area contributed by atoms with Gasteiger partial charge in [0.25, 0.3) is 0 Å². The first kappa shape index (κ1) is 14.4. The van der Waals surface area contributed by atoms with Gasteiger partial charge in [-0.2, -0.15) is 0 Å². The molecule has 0 aliphatic rings. The number of anilines is 1. The van der Waals surface area contributed by atoms with Crippen molar-refractivity contribution in [1.29, 1.82) is 0 Å². The number of rotatable bonds is 6. The van der Waals surface area contributed by atoms with E-state index < -0.39 is 6.09 Å². The summed E-state index contributed by atoms with van der Waals surface area (Å²) in [5, 5.41) is 6.69. The molecule has 1 aromatic carbocycles. The fourth-order valence-electron chi connectivity index (χ4n) is 1.30. The minimum atomic E-state index is -0.502. The SMILES string of the molecule is CCOC(=O)NCCN(N=O)c1cccc(Br)c1. The molecule has 98 valence electrons. The van der Waals surface area contributed by atoms with Crippen LogP contribution in [0.1, 0.15) is 6.92 Å². The van der Waals surface area contributed by atoms with Crippen molar-refractivity contribution in [3.63, 3.8) is 0 Å². The molecule has 0 unspecified atom stereocenters. The van der Waals surface area contributed by atoms with Gasteiger partial charge in [-0.3, -0.25) is 0 Å². The Morgan fingerprint density at radius 3 is 2.94 bits per heavy atom. The lowest BCUT2D eigenvalue weighted by Gasteiger charge is -2.15. The Morgan fingerprint density at radius 2 is 2.33 bits per heavy atom. The van der Waals surface area contributed by atoms with E-state index in [1.165, 1.54) is 5.01 Å². The molecule has 0 aliphatic heterocycles. The van der Waals surface area contributed by atoms with Gasteiger partial charge in [0.15, 0.2) is 0 Å². The summed E-state index contributed by atoms with van der Waals surface area (Å²) in [6.07, 6.45) is -0.502. The Labute approximate surface area is 113 Å². The fraction of sp³-hybridized carbons (Fsp3) is 0.364. The van der Waals surface area contributed by atoms with Crippen LogP contribution in [0.25, 0.3) is 0 Å². The topological polar surface area (TPSA) is 71.0 Å². The quantitative estimate of drug-likeness (QED) is 0.647. The minimum absolute atomic E-state index is 0.275. The number of nitroso groups, excluding NO2 is 1. The Bertz CT molecular complexity index is 414. The molecule has 0 bridgehead atoms. The van der Waals surface area contributed by atoms with E-state index >= 15 is 0 Å². The number of ether oxygens (including phenoxy) is 1. The zero-order chi connectivity index (χ0) is 13.4. The smallest absolute Gasteiger partial charge is 0.407 e. The van der Waals surface area contributed by atoms with Gasteiger partial charge >= 0.3 is 6.09 Å². The Morgan fingerprint density at radius 1 is 1.56 bits per heavy atom. The maximum atomic E-state index is 11.0. The van der Waals surface area contributed by atoms with Crippen LogP contribution in [0.2, 0.25) is 0 Å². The molecule has 0 fully saturated rings. The van der Waals surface area contributed by atoms with Gasteiger partial charge in [0.05, 0.1) is 24.1 Å². The second-order valence-electron chi connectivity index (χ2n) is 3.33. The van der Waals surface area contributed by atoms with E-state index in [4.69, 9.17) is 4.74 Å². The largest absolute Gasteiger partial charge is 0.450 e. The van der Waals surface area contributed by atoms with Gasteiger partial charge < -0.3 is 10.1 Å². The highest BCUT2D eigenvalue weighted by Crippen LogP contribution is 2.19. The number of nitrogens with zero attached hydrogens (tertiary/aromatic N) is 2. The standard InChI is InChI=1S/C11H14BrN3O3/c1-2-18-11(16)13-6-7-15(14-17)10-5-3-4-9(12)8-10/h3-5,8H,2,6-7H2,1H3,(H,13,16). The first-order valence-electron chi connectivity index (χ1n) is 5.44. The van der Waals surface area contributed by atoms with Gasteiger partial charge in [-0.15, -0.1) is 4.91 Å². The normalized spacial score (nSPS) is 9.67. The van der Waals surface area contributed by atoms with Gasteiger partial charge in [0.2, 0.25) is 0 Å². The first-order chi connectivity index (χ1) is 8.67. The molecule has 1 aromatic rings. The maximum Gasteiger partial charge on any atom is 0.407 e. The lowest BCUT2D eigenvalue weighted by Crippen LogP contribution is -2.32. The van der Waals surface area contributed by atoms with E-state index in [0.29, 0.717) is 12.3 Å². The van der Waals surface area contributed by atoms with Crippen molar-refractivity contribution >= 4 is 27.7 Å². The number of halogens is 1. The summed E-state index contributed by atoms with van der Waals surface area (Å²) in [7, 11) is 0. The number of nitrogens with one attached hydrogen (secondary N) is 1. The second kappa shape index (κ2) is 7.65. The molecule has 0 saturated heterocycles. The summed E-state index contributed by atoms with van der Waals surface area (Å²) in [6, 6.07) is 7.18. The molecule has 6 nitrogen and oxygen atoms in total. The summed E-state index contributed by atoms with van der Waals surface area (Å²) in [5.41, 5.74) is 0.657. The summed E-state index contributed by atoms with van der Waals surface area (Å²) in [5.74, 6) is 0. The summed E-state index contributed by atoms with van der Waals surface area (Å²) >= 11 is 3.31. The number of carbonyl (C=O) groups is 1. The van der Waals surface area contributed by atoms with E-state index in [-0.39, 0.29) is 13.1 Å². The average molecular weight is 316 g/mol. The molecule has 0 saturated carbocycles. The van der Waals surface area contributed by atoms with Crippen molar-refractivity contribution in [2.75, 3.05) is 24.7 Å². The van der Waals surface area contributed by atoms with E-state index in [1.54, 1.807) is 25.1 Å². The third-order valence-electron chi connectivity index (χ3n) is 2.07. The van der Waals surface area contributed by atoms with Crippen molar-refractivity contribution in [2.45, 2.75) is 6.92 Å². The van der Waals surface area contributed by atoms with Gasteiger partial charge in [-0.1, -0.05) is 22.0 Å². The van der Waals surface area contributed by atoms with E-state index in [2.05, 4.69) is 26.5 Å². The summed E-state index contributed by atoms with van der Waals surface area (Å²) in [6.45, 7) is 2.59. The fourth-order valence-corrected chi connectivity index (χ4v) is 1.69. The predicted molar refractivity (Wildman–Crippen MR) is 72.3 cm³/mol. The monoisotopic (exact) mass is 315 g/mol. The highest BCUT2D eigenvalue weighted by atomic mass is 79.9. The minimum Gasteiger partial charge on any atom is -0.450 e. The van der Waals surface area contributed by atoms with Crippen LogP contribution in [0.4, 0.5) is 10.5 Å². The van der Waals surface area contributed by atoms with Crippen molar-refractivity contribution in [3.05, 3.63) is 33.6 Å². The van der Waals surface area contributed by atoms with Crippen LogP contribution in [0, 0.1) is 4.91 Å². The third-order valence-corrected chi connectivity index (χ3v) is 2.57. The molecule has 0 aliphatic carbocycles. The zero-order valence-corrected chi connectivity index (χ0v) is 11.5. The molecule has 1 amide bonds. The number of carbonyl (C=O) groups excluding carboxylic acids is 1. The van der Waals surface area contributed by atoms with Gasteiger partial charge in [-0.25, -0.2) is 9.80 Å². The number of alkyl carbamates (subject to hydrolysis) is 1.